The van der Waals surface area contributed by atoms with Gasteiger partial charge in [-0.1, -0.05) is 13.8 Å². The number of rotatable bonds is 4. The highest BCUT2D eigenvalue weighted by Gasteiger charge is 2.40. The second-order valence-corrected chi connectivity index (χ2v) is 10.2. The molecule has 2 amide bonds. The molecular formula is C24H29N5O3S. The Labute approximate surface area is 197 Å². The number of carbonyl (C=O) groups excluding carboxylic acids is 2. The van der Waals surface area contributed by atoms with Crippen LogP contribution in [0.5, 0.6) is 0 Å². The SMILES string of the molecule is C[C@@H]1CN(c2ccc3nccc(C(=O)NCC(=O)N4CSC[C@H]4C#N)c3c2)C[C@H](C)[C@]1(C)O. The van der Waals surface area contributed by atoms with Gasteiger partial charge in [-0.3, -0.25) is 14.6 Å². The van der Waals surface area contributed by atoms with Crippen molar-refractivity contribution in [1.82, 2.24) is 15.2 Å². The second kappa shape index (κ2) is 9.20. The van der Waals surface area contributed by atoms with E-state index in [1.54, 1.807) is 12.3 Å². The van der Waals surface area contributed by atoms with Gasteiger partial charge in [-0.15, -0.1) is 11.8 Å². The van der Waals surface area contributed by atoms with E-state index in [4.69, 9.17) is 0 Å². The molecule has 4 rings (SSSR count). The van der Waals surface area contributed by atoms with Gasteiger partial charge in [-0.2, -0.15) is 5.26 Å². The van der Waals surface area contributed by atoms with Gasteiger partial charge in [-0.05, 0) is 31.2 Å². The van der Waals surface area contributed by atoms with Crippen molar-refractivity contribution in [2.75, 3.05) is 36.2 Å². The lowest BCUT2D eigenvalue weighted by atomic mass is 9.76. The van der Waals surface area contributed by atoms with Crippen molar-refractivity contribution in [1.29, 1.82) is 5.26 Å². The lowest BCUT2D eigenvalue weighted by Gasteiger charge is -2.46. The van der Waals surface area contributed by atoms with Crippen LogP contribution in [0.1, 0.15) is 31.1 Å². The first-order valence-corrected chi connectivity index (χ1v) is 12.3. The maximum Gasteiger partial charge on any atom is 0.252 e. The summed E-state index contributed by atoms with van der Waals surface area (Å²) in [5, 5.41) is 23.3. The molecule has 0 unspecified atom stereocenters. The molecule has 0 radical (unpaired) electrons. The third kappa shape index (κ3) is 4.50. The number of amides is 2. The maximum atomic E-state index is 13.0. The van der Waals surface area contributed by atoms with E-state index in [2.05, 4.69) is 35.1 Å². The molecule has 2 saturated heterocycles. The lowest BCUT2D eigenvalue weighted by Crippen LogP contribution is -2.54. The van der Waals surface area contributed by atoms with Gasteiger partial charge in [-0.25, -0.2) is 0 Å². The Morgan fingerprint density at radius 2 is 2.03 bits per heavy atom. The van der Waals surface area contributed by atoms with E-state index in [9.17, 15) is 20.0 Å². The number of fused-ring (bicyclic) bond motifs is 1. The summed E-state index contributed by atoms with van der Waals surface area (Å²) in [6, 6.07) is 9.19. The van der Waals surface area contributed by atoms with Gasteiger partial charge in [0.05, 0.1) is 35.2 Å². The summed E-state index contributed by atoms with van der Waals surface area (Å²) < 4.78 is 0. The Kier molecular flexibility index (Phi) is 6.50. The van der Waals surface area contributed by atoms with Crippen LogP contribution in [0, 0.1) is 23.2 Å². The first-order chi connectivity index (χ1) is 15.7. The van der Waals surface area contributed by atoms with E-state index in [1.807, 2.05) is 25.1 Å². The topological polar surface area (TPSA) is 110 Å². The minimum absolute atomic E-state index is 0.0978. The first kappa shape index (κ1) is 23.3. The number of nitriles is 1. The van der Waals surface area contributed by atoms with Crippen molar-refractivity contribution in [3.8, 4) is 6.07 Å². The molecule has 0 saturated carbocycles. The molecule has 174 valence electrons. The van der Waals surface area contributed by atoms with Crippen LogP contribution in [-0.2, 0) is 4.79 Å². The molecular weight excluding hydrogens is 438 g/mol. The number of piperidine rings is 1. The molecule has 2 aromatic rings. The summed E-state index contributed by atoms with van der Waals surface area (Å²) in [5.41, 5.74) is 1.40. The Bertz CT molecular complexity index is 1100. The van der Waals surface area contributed by atoms with Crippen molar-refractivity contribution >= 4 is 40.2 Å². The smallest absolute Gasteiger partial charge is 0.252 e. The van der Waals surface area contributed by atoms with E-state index in [1.165, 1.54) is 16.7 Å². The number of benzene rings is 1. The molecule has 0 spiro atoms. The van der Waals surface area contributed by atoms with Crippen molar-refractivity contribution in [3.63, 3.8) is 0 Å². The Morgan fingerprint density at radius 1 is 1.30 bits per heavy atom. The molecule has 4 atom stereocenters. The van der Waals surface area contributed by atoms with Gasteiger partial charge < -0.3 is 20.2 Å². The maximum absolute atomic E-state index is 13.0. The van der Waals surface area contributed by atoms with E-state index in [-0.39, 0.29) is 30.2 Å². The highest BCUT2D eigenvalue weighted by Crippen LogP contribution is 2.35. The van der Waals surface area contributed by atoms with Crippen LogP contribution in [0.15, 0.2) is 30.5 Å². The molecule has 2 aliphatic rings. The first-order valence-electron chi connectivity index (χ1n) is 11.1. The number of nitrogens with one attached hydrogen (secondary N) is 1. The number of thioether (sulfide) groups is 1. The normalized spacial score (nSPS) is 27.4. The summed E-state index contributed by atoms with van der Waals surface area (Å²) in [7, 11) is 0. The molecule has 1 aromatic carbocycles. The fourth-order valence-electron chi connectivity index (χ4n) is 4.48. The predicted octanol–water partition coefficient (Wildman–Crippen LogP) is 2.23. The number of carbonyl (C=O) groups is 2. The molecule has 2 N–H and O–H groups in total. The molecule has 0 aliphatic carbocycles. The average molecular weight is 468 g/mol. The average Bonchev–Trinajstić information content (AvgIpc) is 3.29. The Balaban J connectivity index is 1.53. The van der Waals surface area contributed by atoms with E-state index >= 15 is 0 Å². The number of aliphatic hydroxyl groups is 1. The summed E-state index contributed by atoms with van der Waals surface area (Å²) in [4.78, 5) is 33.6. The minimum atomic E-state index is -0.717. The van der Waals surface area contributed by atoms with Crippen LogP contribution in [0.2, 0.25) is 0 Å². The molecule has 1 aromatic heterocycles. The number of hydrogen-bond donors (Lipinski definition) is 2. The lowest BCUT2D eigenvalue weighted by molar-refractivity contribution is -0.129. The standard InChI is InChI=1S/C24H29N5O3S/c1-15-11-28(12-16(2)24(15,3)32)17-4-5-21-20(8-17)19(6-7-26-21)23(31)27-10-22(30)29-14-33-13-18(29)9-25/h4-8,15-16,18,32H,10-14H2,1-3H3,(H,27,31)/t15-,16+,18-,24-/m1/s1. The molecule has 2 fully saturated rings. The minimum Gasteiger partial charge on any atom is -0.389 e. The van der Waals surface area contributed by atoms with Crippen molar-refractivity contribution in [3.05, 3.63) is 36.0 Å². The van der Waals surface area contributed by atoms with Crippen LogP contribution in [0.4, 0.5) is 5.69 Å². The quantitative estimate of drug-likeness (QED) is 0.710. The van der Waals surface area contributed by atoms with E-state index in [0.29, 0.717) is 41.2 Å². The van der Waals surface area contributed by atoms with Gasteiger partial charge in [0.2, 0.25) is 5.91 Å². The summed E-state index contributed by atoms with van der Waals surface area (Å²) in [5.74, 6) is 0.644. The second-order valence-electron chi connectivity index (χ2n) is 9.18. The highest BCUT2D eigenvalue weighted by molar-refractivity contribution is 7.99. The van der Waals surface area contributed by atoms with E-state index < -0.39 is 11.6 Å². The Hall–Kier alpha value is -2.83. The summed E-state index contributed by atoms with van der Waals surface area (Å²) in [6.45, 7) is 7.28. The zero-order valence-corrected chi connectivity index (χ0v) is 19.9. The third-order valence-corrected chi connectivity index (χ3v) is 8.08. The highest BCUT2D eigenvalue weighted by atomic mass is 32.2. The number of hydrogen-bond acceptors (Lipinski definition) is 7. The number of aromatic nitrogens is 1. The van der Waals surface area contributed by atoms with Crippen molar-refractivity contribution in [2.24, 2.45) is 11.8 Å². The third-order valence-electron chi connectivity index (χ3n) is 7.07. The van der Waals surface area contributed by atoms with Crippen LogP contribution < -0.4 is 10.2 Å². The summed E-state index contributed by atoms with van der Waals surface area (Å²) >= 11 is 1.53. The molecule has 9 heteroatoms. The number of pyridine rings is 1. The van der Waals surface area contributed by atoms with Crippen LogP contribution >= 0.6 is 11.8 Å². The van der Waals surface area contributed by atoms with Gasteiger partial charge >= 0.3 is 0 Å². The van der Waals surface area contributed by atoms with Crippen LogP contribution in [0.3, 0.4) is 0 Å². The fraction of sp³-hybridized carbons (Fsp3) is 0.500. The molecule has 2 aliphatic heterocycles. The zero-order chi connectivity index (χ0) is 23.8. The largest absolute Gasteiger partial charge is 0.389 e. The number of anilines is 1. The fourth-order valence-corrected chi connectivity index (χ4v) is 5.58. The van der Waals surface area contributed by atoms with Crippen LogP contribution in [0.25, 0.3) is 10.9 Å². The predicted molar refractivity (Wildman–Crippen MR) is 129 cm³/mol. The Morgan fingerprint density at radius 3 is 2.73 bits per heavy atom. The molecule has 8 nitrogen and oxygen atoms in total. The van der Waals surface area contributed by atoms with Gasteiger partial charge in [0.25, 0.3) is 5.91 Å². The molecule has 33 heavy (non-hydrogen) atoms. The molecule has 0 bridgehead atoms. The van der Waals surface area contributed by atoms with Crippen molar-refractivity contribution < 1.29 is 14.7 Å². The number of nitrogens with zero attached hydrogens (tertiary/aromatic N) is 4. The summed E-state index contributed by atoms with van der Waals surface area (Å²) in [6.07, 6.45) is 1.59. The van der Waals surface area contributed by atoms with Crippen molar-refractivity contribution in [2.45, 2.75) is 32.4 Å². The monoisotopic (exact) mass is 467 g/mol. The zero-order valence-electron chi connectivity index (χ0n) is 19.1. The van der Waals surface area contributed by atoms with Crippen LogP contribution in [-0.4, -0.2) is 69.7 Å². The van der Waals surface area contributed by atoms with Gasteiger partial charge in [0.1, 0.15) is 6.04 Å². The van der Waals surface area contributed by atoms with E-state index in [0.717, 1.165) is 5.69 Å². The van der Waals surface area contributed by atoms with Gasteiger partial charge in [0, 0.05) is 47.9 Å². The van der Waals surface area contributed by atoms with Gasteiger partial charge in [0.15, 0.2) is 0 Å². The molecule has 3 heterocycles.